The van der Waals surface area contributed by atoms with Gasteiger partial charge in [0.15, 0.2) is 5.78 Å². The van der Waals surface area contributed by atoms with Crippen LogP contribution >= 0.6 is 0 Å². The minimum atomic E-state index is -0.639. The van der Waals surface area contributed by atoms with Gasteiger partial charge in [-0.1, -0.05) is 30.3 Å². The van der Waals surface area contributed by atoms with Gasteiger partial charge in [-0.25, -0.2) is 9.78 Å². The van der Waals surface area contributed by atoms with Crippen LogP contribution in [0.15, 0.2) is 30.3 Å². The van der Waals surface area contributed by atoms with Crippen LogP contribution < -0.4 is 0 Å². The number of Topliss-reactive ketones (excluding diaryl/α,β-unsaturated/α-hetero) is 1. The molecule has 0 spiro atoms. The van der Waals surface area contributed by atoms with Crippen LogP contribution in [0.25, 0.3) is 0 Å². The van der Waals surface area contributed by atoms with Crippen molar-refractivity contribution in [1.29, 1.82) is 0 Å². The molecule has 0 fully saturated rings. The maximum atomic E-state index is 12.0. The van der Waals surface area contributed by atoms with Crippen LogP contribution in [-0.2, 0) is 9.78 Å². The van der Waals surface area contributed by atoms with E-state index < -0.39 is 5.60 Å². The van der Waals surface area contributed by atoms with Gasteiger partial charge in [-0.05, 0) is 34.6 Å². The molecule has 3 nitrogen and oxygen atoms in total. The summed E-state index contributed by atoms with van der Waals surface area (Å²) in [6, 6.07) is 9.21. The summed E-state index contributed by atoms with van der Waals surface area (Å²) < 4.78 is 0. The lowest BCUT2D eigenvalue weighted by Crippen LogP contribution is -2.32. The van der Waals surface area contributed by atoms with Gasteiger partial charge < -0.3 is 0 Å². The lowest BCUT2D eigenvalue weighted by molar-refractivity contribution is -0.395. The lowest BCUT2D eigenvalue weighted by Gasteiger charge is -2.28. The molecule has 0 aliphatic carbocycles. The van der Waals surface area contributed by atoms with E-state index in [9.17, 15) is 4.79 Å². The topological polar surface area (TPSA) is 35.5 Å². The van der Waals surface area contributed by atoms with Gasteiger partial charge in [-0.2, -0.15) is 0 Å². The molecule has 1 aromatic carbocycles. The molecule has 0 saturated heterocycles. The molecular weight excluding hydrogens is 228 g/mol. The zero-order valence-electron chi connectivity index (χ0n) is 11.8. The third-order valence-electron chi connectivity index (χ3n) is 2.20. The van der Waals surface area contributed by atoms with Gasteiger partial charge in [0.05, 0.1) is 5.60 Å². The van der Waals surface area contributed by atoms with Crippen molar-refractivity contribution in [3.05, 3.63) is 35.9 Å². The second kappa shape index (κ2) is 5.63. The van der Waals surface area contributed by atoms with Gasteiger partial charge in [0.2, 0.25) is 0 Å². The molecule has 0 aliphatic heterocycles. The monoisotopic (exact) mass is 250 g/mol. The van der Waals surface area contributed by atoms with Gasteiger partial charge in [0.25, 0.3) is 0 Å². The van der Waals surface area contributed by atoms with Crippen molar-refractivity contribution in [2.75, 3.05) is 0 Å². The first-order chi connectivity index (χ1) is 8.20. The number of hydrogen-bond acceptors (Lipinski definition) is 3. The van der Waals surface area contributed by atoms with E-state index in [1.165, 1.54) is 0 Å². The molecule has 1 rings (SSSR count). The van der Waals surface area contributed by atoms with Crippen molar-refractivity contribution in [1.82, 2.24) is 0 Å². The van der Waals surface area contributed by atoms with Gasteiger partial charge in [-0.15, -0.1) is 0 Å². The van der Waals surface area contributed by atoms with E-state index >= 15 is 0 Å². The summed E-state index contributed by atoms with van der Waals surface area (Å²) in [6.07, 6.45) is 0.285. The van der Waals surface area contributed by atoms with E-state index in [1.807, 2.05) is 65.0 Å². The van der Waals surface area contributed by atoms with Gasteiger partial charge in [-0.3, -0.25) is 4.79 Å². The SMILES string of the molecule is CC(C)(C)OOC(C)(C)CC(=O)c1ccccc1. The van der Waals surface area contributed by atoms with E-state index in [0.717, 1.165) is 0 Å². The highest BCUT2D eigenvalue weighted by Crippen LogP contribution is 2.21. The van der Waals surface area contributed by atoms with Gasteiger partial charge >= 0.3 is 0 Å². The number of ketones is 1. The first-order valence-corrected chi connectivity index (χ1v) is 6.15. The third-order valence-corrected chi connectivity index (χ3v) is 2.20. The molecule has 0 aromatic heterocycles. The fourth-order valence-electron chi connectivity index (χ4n) is 1.38. The summed E-state index contributed by atoms with van der Waals surface area (Å²) in [5.41, 5.74) is -0.322. The fourth-order valence-corrected chi connectivity index (χ4v) is 1.38. The minimum Gasteiger partial charge on any atom is -0.294 e. The molecule has 0 saturated carbocycles. The molecule has 0 aliphatic rings. The van der Waals surface area contributed by atoms with Crippen molar-refractivity contribution in [3.8, 4) is 0 Å². The Labute approximate surface area is 109 Å². The average Bonchev–Trinajstić information content (AvgIpc) is 2.26. The molecule has 100 valence electrons. The predicted octanol–water partition coefficient (Wildman–Crippen LogP) is 3.78. The number of hydrogen-bond donors (Lipinski definition) is 0. The highest BCUT2D eigenvalue weighted by molar-refractivity contribution is 5.96. The minimum absolute atomic E-state index is 0.0538. The van der Waals surface area contributed by atoms with Crippen LogP contribution in [0.2, 0.25) is 0 Å². The van der Waals surface area contributed by atoms with Crippen LogP contribution in [0.5, 0.6) is 0 Å². The van der Waals surface area contributed by atoms with E-state index in [4.69, 9.17) is 9.78 Å². The third kappa shape index (κ3) is 5.43. The zero-order valence-corrected chi connectivity index (χ0v) is 11.8. The predicted molar refractivity (Wildman–Crippen MR) is 71.4 cm³/mol. The van der Waals surface area contributed by atoms with Crippen LogP contribution in [0.4, 0.5) is 0 Å². The molecule has 0 unspecified atom stereocenters. The Kier molecular flexibility index (Phi) is 4.65. The van der Waals surface area contributed by atoms with E-state index in [1.54, 1.807) is 0 Å². The molecular formula is C15H22O3. The highest BCUT2D eigenvalue weighted by Gasteiger charge is 2.27. The van der Waals surface area contributed by atoms with Crippen LogP contribution in [0.1, 0.15) is 51.4 Å². The van der Waals surface area contributed by atoms with Crippen LogP contribution in [-0.4, -0.2) is 17.0 Å². The quantitative estimate of drug-likeness (QED) is 0.453. The zero-order chi connectivity index (χ0) is 13.8. The summed E-state index contributed by atoms with van der Waals surface area (Å²) in [5, 5.41) is 0. The fraction of sp³-hybridized carbons (Fsp3) is 0.533. The molecule has 3 heteroatoms. The molecule has 0 bridgehead atoms. The normalized spacial score (nSPS) is 12.5. The number of benzene rings is 1. The summed E-state index contributed by atoms with van der Waals surface area (Å²) in [5.74, 6) is 0.0538. The molecule has 0 N–H and O–H groups in total. The molecule has 0 atom stereocenters. The maximum Gasteiger partial charge on any atom is 0.165 e. The molecule has 18 heavy (non-hydrogen) atoms. The average molecular weight is 250 g/mol. The maximum absolute atomic E-state index is 12.0. The van der Waals surface area contributed by atoms with E-state index in [2.05, 4.69) is 0 Å². The summed E-state index contributed by atoms with van der Waals surface area (Å²) in [7, 11) is 0. The Morgan fingerprint density at radius 1 is 1.00 bits per heavy atom. The largest absolute Gasteiger partial charge is 0.294 e. The van der Waals surface area contributed by atoms with Crippen molar-refractivity contribution in [3.63, 3.8) is 0 Å². The first-order valence-electron chi connectivity index (χ1n) is 6.15. The van der Waals surface area contributed by atoms with Crippen molar-refractivity contribution in [2.45, 2.75) is 52.2 Å². The number of rotatable bonds is 5. The van der Waals surface area contributed by atoms with Gasteiger partial charge in [0, 0.05) is 12.0 Å². The van der Waals surface area contributed by atoms with E-state index in [0.29, 0.717) is 5.56 Å². The Morgan fingerprint density at radius 3 is 2.06 bits per heavy atom. The first kappa shape index (κ1) is 14.9. The van der Waals surface area contributed by atoms with Crippen molar-refractivity contribution in [2.24, 2.45) is 0 Å². The summed E-state index contributed by atoms with van der Waals surface area (Å²) in [4.78, 5) is 22.7. The number of carbonyl (C=O) groups is 1. The van der Waals surface area contributed by atoms with E-state index in [-0.39, 0.29) is 17.8 Å². The second-order valence-corrected chi connectivity index (χ2v) is 6.00. The molecule has 1 aromatic rings. The second-order valence-electron chi connectivity index (χ2n) is 6.00. The summed E-state index contributed by atoms with van der Waals surface area (Å²) >= 11 is 0. The van der Waals surface area contributed by atoms with Crippen molar-refractivity contribution >= 4 is 5.78 Å². The smallest absolute Gasteiger partial charge is 0.165 e. The molecule has 0 amide bonds. The highest BCUT2D eigenvalue weighted by atomic mass is 17.2. The standard InChI is InChI=1S/C15H22O3/c1-14(2,3)17-18-15(4,5)11-13(16)12-9-7-6-8-10-12/h6-10H,11H2,1-5H3. The lowest BCUT2D eigenvalue weighted by atomic mass is 9.98. The Hall–Kier alpha value is -1.19. The van der Waals surface area contributed by atoms with Gasteiger partial charge in [0.1, 0.15) is 5.60 Å². The molecule has 0 radical (unpaired) electrons. The Bertz CT molecular complexity index is 388. The van der Waals surface area contributed by atoms with Crippen LogP contribution in [0.3, 0.4) is 0 Å². The molecule has 0 heterocycles. The Balaban J connectivity index is 2.58. The van der Waals surface area contributed by atoms with Crippen LogP contribution in [0, 0.1) is 0 Å². The summed E-state index contributed by atoms with van der Waals surface area (Å²) in [6.45, 7) is 9.41. The van der Waals surface area contributed by atoms with Crippen molar-refractivity contribution < 1.29 is 14.6 Å². The Morgan fingerprint density at radius 2 is 1.56 bits per heavy atom. The number of carbonyl (C=O) groups excluding carboxylic acids is 1.